The predicted octanol–water partition coefficient (Wildman–Crippen LogP) is 4.73. The van der Waals surface area contributed by atoms with Gasteiger partial charge in [0.15, 0.2) is 11.5 Å². The van der Waals surface area contributed by atoms with Gasteiger partial charge in [-0.25, -0.2) is 4.79 Å². The number of methoxy groups -OCH3 is 1. The van der Waals surface area contributed by atoms with Gasteiger partial charge in [-0.2, -0.15) is 5.12 Å². The molecule has 1 aromatic carbocycles. The molecule has 6 heteroatoms. The minimum absolute atomic E-state index is 0.00487. The van der Waals surface area contributed by atoms with Crippen LogP contribution >= 0.6 is 0 Å². The minimum Gasteiger partial charge on any atom is -0.493 e. The van der Waals surface area contributed by atoms with Gasteiger partial charge < -0.3 is 9.47 Å². The molecule has 0 aliphatic rings. The lowest BCUT2D eigenvalue weighted by atomic mass is 10.1. The highest BCUT2D eigenvalue weighted by Crippen LogP contribution is 2.35. The Hall–Kier alpha value is -1.98. The van der Waals surface area contributed by atoms with Gasteiger partial charge >= 0.3 is 6.03 Å². The number of aryl methyl sites for hydroxylation is 1. The molecule has 0 saturated heterocycles. The number of hydrogen-bond acceptors (Lipinski definition) is 3. The number of carbonyl (C=O) groups excluding carboxylic acids is 1. The predicted molar refractivity (Wildman–Crippen MR) is 94.7 cm³/mol. The fraction of sp³-hybridized carbons (Fsp3) is 0.611. The van der Waals surface area contributed by atoms with Crippen LogP contribution in [0.25, 0.3) is 0 Å². The summed E-state index contributed by atoms with van der Waals surface area (Å²) in [7, 11) is 1.58. The van der Waals surface area contributed by atoms with Crippen LogP contribution in [0.4, 0.5) is 15.0 Å². The van der Waals surface area contributed by atoms with E-state index in [1.54, 1.807) is 20.1 Å². The van der Waals surface area contributed by atoms with Crippen LogP contribution in [-0.2, 0) is 0 Å². The molecule has 24 heavy (non-hydrogen) atoms. The van der Waals surface area contributed by atoms with Gasteiger partial charge in [-0.15, -0.1) is 0 Å². The summed E-state index contributed by atoms with van der Waals surface area (Å²) in [5.41, 5.74) is 1.46. The van der Waals surface area contributed by atoms with Crippen molar-refractivity contribution >= 4 is 11.7 Å². The average molecular weight is 340 g/mol. The summed E-state index contributed by atoms with van der Waals surface area (Å²) in [5, 5.41) is 0.203. The number of anilines is 1. The van der Waals surface area contributed by atoms with Crippen LogP contribution in [0, 0.1) is 6.92 Å². The second-order valence-corrected chi connectivity index (χ2v) is 5.55. The molecule has 0 aliphatic carbocycles. The molecule has 5 nitrogen and oxygen atoms in total. The van der Waals surface area contributed by atoms with E-state index in [1.807, 2.05) is 19.9 Å². The summed E-state index contributed by atoms with van der Waals surface area (Å²) in [4.78, 5) is 13.6. The van der Waals surface area contributed by atoms with Crippen molar-refractivity contribution in [3.63, 3.8) is 0 Å². The van der Waals surface area contributed by atoms with Crippen LogP contribution in [0.2, 0.25) is 0 Å². The Morgan fingerprint density at radius 3 is 2.38 bits per heavy atom. The van der Waals surface area contributed by atoms with Crippen LogP contribution < -0.4 is 14.4 Å². The van der Waals surface area contributed by atoms with Gasteiger partial charge in [0, 0.05) is 12.6 Å². The van der Waals surface area contributed by atoms with Crippen LogP contribution in [-0.4, -0.2) is 38.0 Å². The highest BCUT2D eigenvalue weighted by atomic mass is 19.2. The summed E-state index contributed by atoms with van der Waals surface area (Å²) < 4.78 is 24.9. The molecule has 0 unspecified atom stereocenters. The van der Waals surface area contributed by atoms with E-state index >= 15 is 0 Å². The van der Waals surface area contributed by atoms with Gasteiger partial charge in [-0.3, -0.25) is 4.90 Å². The number of hydrogen-bond donors (Lipinski definition) is 0. The molecule has 0 atom stereocenters. The van der Waals surface area contributed by atoms with Gasteiger partial charge in [-0.1, -0.05) is 24.2 Å². The molecule has 2 amide bonds. The van der Waals surface area contributed by atoms with Crippen molar-refractivity contribution in [3.05, 3.63) is 17.7 Å². The number of carbonyl (C=O) groups is 1. The molecule has 0 saturated carbocycles. The summed E-state index contributed by atoms with van der Waals surface area (Å²) in [6.07, 6.45) is 3.16. The SMILES string of the molecule is CCCCCOc1cc(N(CC)C(=O)N(F)CC)c(C)cc1OC. The van der Waals surface area contributed by atoms with Crippen molar-refractivity contribution in [2.45, 2.75) is 47.0 Å². The van der Waals surface area contributed by atoms with E-state index in [1.165, 1.54) is 4.90 Å². The molecule has 0 heterocycles. The Morgan fingerprint density at radius 2 is 1.83 bits per heavy atom. The Kier molecular flexibility index (Phi) is 8.36. The van der Waals surface area contributed by atoms with E-state index in [4.69, 9.17) is 9.47 Å². The Morgan fingerprint density at radius 1 is 1.12 bits per heavy atom. The molecule has 0 spiro atoms. The third-order valence-electron chi connectivity index (χ3n) is 3.81. The third-order valence-corrected chi connectivity index (χ3v) is 3.81. The van der Waals surface area contributed by atoms with E-state index in [0.717, 1.165) is 24.8 Å². The quantitative estimate of drug-likeness (QED) is 0.482. The van der Waals surface area contributed by atoms with Crippen molar-refractivity contribution < 1.29 is 18.7 Å². The smallest absolute Gasteiger partial charge is 0.352 e. The molecular weight excluding hydrogens is 311 g/mol. The van der Waals surface area contributed by atoms with Crippen LogP contribution in [0.15, 0.2) is 12.1 Å². The fourth-order valence-electron chi connectivity index (χ4n) is 2.42. The molecule has 0 N–H and O–H groups in total. The molecule has 0 bridgehead atoms. The highest BCUT2D eigenvalue weighted by Gasteiger charge is 2.23. The number of benzene rings is 1. The van der Waals surface area contributed by atoms with Gasteiger partial charge in [0.2, 0.25) is 0 Å². The maximum absolute atomic E-state index is 13.7. The zero-order chi connectivity index (χ0) is 18.1. The summed E-state index contributed by atoms with van der Waals surface area (Å²) in [6, 6.07) is 2.89. The Bertz CT molecular complexity index is 537. The monoisotopic (exact) mass is 340 g/mol. The first-order valence-electron chi connectivity index (χ1n) is 8.56. The molecular formula is C18H29FN2O3. The van der Waals surface area contributed by atoms with Crippen molar-refractivity contribution in [2.75, 3.05) is 31.7 Å². The summed E-state index contributed by atoms with van der Waals surface area (Å²) in [6.45, 7) is 8.35. The van der Waals surface area contributed by atoms with Crippen LogP contribution in [0.5, 0.6) is 11.5 Å². The normalized spacial score (nSPS) is 10.4. The molecule has 136 valence electrons. The molecule has 1 aromatic rings. The Labute approximate surface area is 144 Å². The number of ether oxygens (including phenoxy) is 2. The minimum atomic E-state index is -0.676. The maximum Gasteiger partial charge on any atom is 0.352 e. The second-order valence-electron chi connectivity index (χ2n) is 5.55. The topological polar surface area (TPSA) is 42.0 Å². The van der Waals surface area contributed by atoms with Crippen molar-refractivity contribution in [2.24, 2.45) is 0 Å². The Balaban J connectivity index is 3.10. The molecule has 0 aromatic heterocycles. The largest absolute Gasteiger partial charge is 0.493 e. The van der Waals surface area contributed by atoms with Crippen molar-refractivity contribution in [1.29, 1.82) is 0 Å². The third kappa shape index (κ3) is 5.01. The maximum atomic E-state index is 13.7. The van der Waals surface area contributed by atoms with Crippen molar-refractivity contribution in [3.8, 4) is 11.5 Å². The van der Waals surface area contributed by atoms with E-state index in [2.05, 4.69) is 6.92 Å². The zero-order valence-electron chi connectivity index (χ0n) is 15.4. The standard InChI is InChI=1S/C18H29FN2O3/c1-6-9-10-11-24-17-13-15(14(4)12-16(17)23-5)20(7-2)18(22)21(19)8-3/h12-13H,6-11H2,1-5H3. The molecule has 0 aliphatic heterocycles. The lowest BCUT2D eigenvalue weighted by Crippen LogP contribution is -2.39. The summed E-state index contributed by atoms with van der Waals surface area (Å²) in [5.74, 6) is 1.19. The van der Waals surface area contributed by atoms with Gasteiger partial charge in [0.25, 0.3) is 0 Å². The van der Waals surface area contributed by atoms with Gasteiger partial charge in [-0.05, 0) is 38.8 Å². The van der Waals surface area contributed by atoms with Crippen LogP contribution in [0.1, 0.15) is 45.6 Å². The highest BCUT2D eigenvalue weighted by molar-refractivity contribution is 5.92. The lowest BCUT2D eigenvalue weighted by molar-refractivity contribution is 0.0766. The zero-order valence-corrected chi connectivity index (χ0v) is 15.4. The first-order valence-corrected chi connectivity index (χ1v) is 8.56. The number of nitrogens with zero attached hydrogens (tertiary/aromatic N) is 2. The van der Waals surface area contributed by atoms with Crippen molar-refractivity contribution in [1.82, 2.24) is 5.12 Å². The summed E-state index contributed by atoms with van der Waals surface area (Å²) >= 11 is 0. The van der Waals surface area contributed by atoms with Gasteiger partial charge in [0.1, 0.15) is 0 Å². The number of rotatable bonds is 9. The van der Waals surface area contributed by atoms with E-state index in [0.29, 0.717) is 30.3 Å². The number of halogens is 1. The van der Waals surface area contributed by atoms with Crippen LogP contribution in [0.3, 0.4) is 0 Å². The van der Waals surface area contributed by atoms with E-state index < -0.39 is 6.03 Å². The first-order chi connectivity index (χ1) is 11.5. The number of urea groups is 1. The molecule has 0 radical (unpaired) electrons. The van der Waals surface area contributed by atoms with Gasteiger partial charge in [0.05, 0.1) is 25.9 Å². The molecule has 0 fully saturated rings. The average Bonchev–Trinajstić information content (AvgIpc) is 2.60. The second kappa shape index (κ2) is 10.0. The lowest BCUT2D eigenvalue weighted by Gasteiger charge is -2.26. The fourth-order valence-corrected chi connectivity index (χ4v) is 2.42. The van der Waals surface area contributed by atoms with E-state index in [-0.39, 0.29) is 11.7 Å². The molecule has 1 rings (SSSR count). The first kappa shape index (κ1) is 20.1. The van der Waals surface area contributed by atoms with E-state index in [9.17, 15) is 9.28 Å². The number of amides is 2. The number of unbranched alkanes of at least 4 members (excludes halogenated alkanes) is 2.